The third kappa shape index (κ3) is 4.04. The van der Waals surface area contributed by atoms with E-state index in [-0.39, 0.29) is 12.1 Å². The van der Waals surface area contributed by atoms with E-state index in [1.165, 1.54) is 0 Å². The van der Waals surface area contributed by atoms with Crippen LogP contribution in [0.5, 0.6) is 0 Å². The number of amides is 2. The normalized spacial score (nSPS) is 14.8. The zero-order valence-electron chi connectivity index (χ0n) is 15.9. The second-order valence-corrected chi connectivity index (χ2v) is 7.09. The number of rotatable bonds is 7. The van der Waals surface area contributed by atoms with Gasteiger partial charge in [0.05, 0.1) is 18.3 Å². The van der Waals surface area contributed by atoms with Gasteiger partial charge in [0.1, 0.15) is 5.76 Å². The Hall–Kier alpha value is -3.20. The Bertz CT molecular complexity index is 931. The third-order valence-electron chi connectivity index (χ3n) is 4.72. The number of hydrogen-bond donors (Lipinski definition) is 2. The van der Waals surface area contributed by atoms with E-state index in [9.17, 15) is 4.79 Å². The van der Waals surface area contributed by atoms with Crippen LogP contribution in [0, 0.1) is 0 Å². The molecule has 0 spiro atoms. The molecule has 4 rings (SSSR count). The predicted molar refractivity (Wildman–Crippen MR) is 104 cm³/mol. The number of tetrazole rings is 1. The van der Waals surface area contributed by atoms with Gasteiger partial charge in [0.25, 0.3) is 0 Å². The number of benzene rings is 1. The fourth-order valence-corrected chi connectivity index (χ4v) is 3.07. The average molecular weight is 381 g/mol. The van der Waals surface area contributed by atoms with Crippen LogP contribution in [-0.4, -0.2) is 51.8 Å². The van der Waals surface area contributed by atoms with E-state index < -0.39 is 0 Å². The van der Waals surface area contributed by atoms with Gasteiger partial charge in [-0.25, -0.2) is 9.48 Å². The van der Waals surface area contributed by atoms with Crippen molar-refractivity contribution < 1.29 is 9.21 Å². The second kappa shape index (κ2) is 7.81. The Labute approximate surface area is 162 Å². The summed E-state index contributed by atoms with van der Waals surface area (Å²) in [5.74, 6) is 1.52. The van der Waals surface area contributed by atoms with Gasteiger partial charge in [-0.2, -0.15) is 0 Å². The number of anilines is 1. The maximum absolute atomic E-state index is 12.4. The van der Waals surface area contributed by atoms with Gasteiger partial charge in [0.15, 0.2) is 5.82 Å². The molecule has 1 fully saturated rings. The number of nitrogens with zero attached hydrogens (tertiary/aromatic N) is 5. The SMILES string of the molecule is CN(C)[C@H](CNC(=O)Nc1cccc(-c2nnnn2C2CC2)c1)c1ccco1. The minimum absolute atomic E-state index is 0.0461. The van der Waals surface area contributed by atoms with Crippen LogP contribution in [0.2, 0.25) is 0 Å². The van der Waals surface area contributed by atoms with Gasteiger partial charge in [-0.15, -0.1) is 5.10 Å². The molecule has 146 valence electrons. The Balaban J connectivity index is 1.40. The maximum atomic E-state index is 12.4. The highest BCUT2D eigenvalue weighted by atomic mass is 16.3. The second-order valence-electron chi connectivity index (χ2n) is 7.09. The molecule has 1 saturated carbocycles. The van der Waals surface area contributed by atoms with Crippen molar-refractivity contribution in [1.29, 1.82) is 0 Å². The van der Waals surface area contributed by atoms with Crippen LogP contribution in [0.15, 0.2) is 47.1 Å². The third-order valence-corrected chi connectivity index (χ3v) is 4.72. The molecule has 9 nitrogen and oxygen atoms in total. The van der Waals surface area contributed by atoms with Crippen LogP contribution in [0.25, 0.3) is 11.4 Å². The molecule has 0 saturated heterocycles. The van der Waals surface area contributed by atoms with Crippen LogP contribution < -0.4 is 10.6 Å². The summed E-state index contributed by atoms with van der Waals surface area (Å²) in [6, 6.07) is 11.3. The molecule has 2 amide bonds. The van der Waals surface area contributed by atoms with E-state index in [1.54, 1.807) is 6.26 Å². The quantitative estimate of drug-likeness (QED) is 0.653. The zero-order valence-corrected chi connectivity index (χ0v) is 15.9. The van der Waals surface area contributed by atoms with Crippen molar-refractivity contribution in [2.75, 3.05) is 26.0 Å². The van der Waals surface area contributed by atoms with E-state index in [4.69, 9.17) is 4.42 Å². The number of aromatic nitrogens is 4. The molecule has 1 aromatic carbocycles. The first-order valence-electron chi connectivity index (χ1n) is 9.25. The van der Waals surface area contributed by atoms with E-state index >= 15 is 0 Å². The number of furan rings is 1. The van der Waals surface area contributed by atoms with Crippen molar-refractivity contribution in [3.63, 3.8) is 0 Å². The highest BCUT2D eigenvalue weighted by Crippen LogP contribution is 2.36. The van der Waals surface area contributed by atoms with Crippen molar-refractivity contribution >= 4 is 11.7 Å². The van der Waals surface area contributed by atoms with Gasteiger partial charge in [-0.05, 0) is 61.6 Å². The molecular weight excluding hydrogens is 358 g/mol. The van der Waals surface area contributed by atoms with Gasteiger partial charge in [0, 0.05) is 17.8 Å². The highest BCUT2D eigenvalue weighted by molar-refractivity contribution is 5.89. The summed E-state index contributed by atoms with van der Waals surface area (Å²) in [6.07, 6.45) is 3.83. The summed E-state index contributed by atoms with van der Waals surface area (Å²) in [4.78, 5) is 14.4. The average Bonchev–Trinajstić information content (AvgIpc) is 3.17. The topological polar surface area (TPSA) is 101 Å². The number of hydrogen-bond acceptors (Lipinski definition) is 6. The first kappa shape index (κ1) is 18.2. The van der Waals surface area contributed by atoms with Crippen LogP contribution in [0.4, 0.5) is 10.5 Å². The molecule has 1 aliphatic rings. The largest absolute Gasteiger partial charge is 0.468 e. The molecule has 2 N–H and O–H groups in total. The Kier molecular flexibility index (Phi) is 5.07. The molecule has 2 aromatic heterocycles. The molecule has 2 heterocycles. The lowest BCUT2D eigenvalue weighted by Gasteiger charge is -2.22. The summed E-state index contributed by atoms with van der Waals surface area (Å²) < 4.78 is 7.32. The summed E-state index contributed by atoms with van der Waals surface area (Å²) in [5.41, 5.74) is 1.55. The zero-order chi connectivity index (χ0) is 19.5. The van der Waals surface area contributed by atoms with Gasteiger partial charge >= 0.3 is 6.03 Å². The Morgan fingerprint density at radius 1 is 1.32 bits per heavy atom. The predicted octanol–water partition coefficient (Wildman–Crippen LogP) is 2.69. The number of carbonyl (C=O) groups is 1. The van der Waals surface area contributed by atoms with Crippen LogP contribution in [0.1, 0.15) is 30.7 Å². The van der Waals surface area contributed by atoms with E-state index in [0.717, 1.165) is 30.0 Å². The fourth-order valence-electron chi connectivity index (χ4n) is 3.07. The molecule has 28 heavy (non-hydrogen) atoms. The minimum atomic E-state index is -0.280. The summed E-state index contributed by atoms with van der Waals surface area (Å²) >= 11 is 0. The Morgan fingerprint density at radius 3 is 2.89 bits per heavy atom. The fraction of sp³-hybridized carbons (Fsp3) is 0.368. The summed E-state index contributed by atoms with van der Waals surface area (Å²) in [7, 11) is 3.89. The summed E-state index contributed by atoms with van der Waals surface area (Å²) in [6.45, 7) is 0.423. The molecule has 3 aromatic rings. The number of carbonyl (C=O) groups excluding carboxylic acids is 1. The number of nitrogens with one attached hydrogen (secondary N) is 2. The smallest absolute Gasteiger partial charge is 0.319 e. The molecular formula is C19H23N7O2. The van der Waals surface area contributed by atoms with Gasteiger partial charge in [0.2, 0.25) is 0 Å². The standard InChI is InChI=1S/C19H23N7O2/c1-25(2)16(17-7-4-10-28-17)12-20-19(27)21-14-6-3-5-13(11-14)18-22-23-24-26(18)15-8-9-15/h3-7,10-11,15-16H,8-9,12H2,1-2H3,(H2,20,21,27)/t16-/m1/s1. The van der Waals surface area contributed by atoms with Crippen molar-refractivity contribution in [3.05, 3.63) is 48.4 Å². The van der Waals surface area contributed by atoms with Crippen molar-refractivity contribution in [1.82, 2.24) is 30.4 Å². The van der Waals surface area contributed by atoms with Gasteiger partial charge in [-0.1, -0.05) is 12.1 Å². The van der Waals surface area contributed by atoms with Crippen molar-refractivity contribution in [2.45, 2.75) is 24.9 Å². The minimum Gasteiger partial charge on any atom is -0.468 e. The van der Waals surface area contributed by atoms with Crippen LogP contribution >= 0.6 is 0 Å². The van der Waals surface area contributed by atoms with E-state index in [0.29, 0.717) is 18.3 Å². The van der Waals surface area contributed by atoms with Crippen LogP contribution in [0.3, 0.4) is 0 Å². The highest BCUT2D eigenvalue weighted by Gasteiger charge is 2.28. The first-order valence-corrected chi connectivity index (χ1v) is 9.25. The molecule has 9 heteroatoms. The molecule has 0 aliphatic heterocycles. The molecule has 1 atom stereocenters. The van der Waals surface area contributed by atoms with Crippen molar-refractivity contribution in [2.24, 2.45) is 0 Å². The first-order chi connectivity index (χ1) is 13.6. The lowest BCUT2D eigenvalue weighted by atomic mass is 10.2. The lowest BCUT2D eigenvalue weighted by Crippen LogP contribution is -2.36. The molecule has 0 unspecified atom stereocenters. The van der Waals surface area contributed by atoms with Gasteiger partial charge in [-0.3, -0.25) is 4.90 Å². The lowest BCUT2D eigenvalue weighted by molar-refractivity contribution is 0.233. The molecule has 1 aliphatic carbocycles. The van der Waals surface area contributed by atoms with E-state index in [2.05, 4.69) is 26.2 Å². The molecule has 0 bridgehead atoms. The molecule has 0 radical (unpaired) electrons. The van der Waals surface area contributed by atoms with Crippen LogP contribution in [-0.2, 0) is 0 Å². The van der Waals surface area contributed by atoms with Crippen molar-refractivity contribution in [3.8, 4) is 11.4 Å². The monoisotopic (exact) mass is 381 g/mol. The Morgan fingerprint density at radius 2 is 2.18 bits per heavy atom. The van der Waals surface area contributed by atoms with Gasteiger partial charge < -0.3 is 15.1 Å². The summed E-state index contributed by atoms with van der Waals surface area (Å²) in [5, 5.41) is 17.8. The number of urea groups is 1. The maximum Gasteiger partial charge on any atom is 0.319 e. The van der Waals surface area contributed by atoms with E-state index in [1.807, 2.05) is 60.1 Å². The number of likely N-dealkylation sites (N-methyl/N-ethyl adjacent to an activating group) is 1.